The molecule has 0 aromatic heterocycles. The molecule has 2 aliphatic heterocycles. The van der Waals surface area contributed by atoms with Crippen LogP contribution in [0.1, 0.15) is 18.4 Å². The molecule has 0 aliphatic carbocycles. The van der Waals surface area contributed by atoms with Gasteiger partial charge in [0.2, 0.25) is 5.88 Å². The Morgan fingerprint density at radius 2 is 2.30 bits per heavy atom. The highest BCUT2D eigenvalue weighted by Gasteiger charge is 2.40. The number of halogens is 2. The van der Waals surface area contributed by atoms with Crippen molar-refractivity contribution >= 4 is 38.5 Å². The molecule has 0 radical (unpaired) electrons. The highest BCUT2D eigenvalue weighted by atomic mass is 79.9. The van der Waals surface area contributed by atoms with Crippen molar-refractivity contribution in [1.29, 1.82) is 0 Å². The maximum atomic E-state index is 12.5. The normalized spacial score (nSPS) is 20.9. The van der Waals surface area contributed by atoms with Crippen molar-refractivity contribution in [3.63, 3.8) is 0 Å². The third-order valence-corrected chi connectivity index (χ3v) is 4.37. The smallest absolute Gasteiger partial charge is 0.230 e. The maximum absolute atomic E-state index is 12.5. The zero-order valence-electron chi connectivity index (χ0n) is 12.3. The second kappa shape index (κ2) is 6.37. The van der Waals surface area contributed by atoms with E-state index in [-0.39, 0.29) is 29.1 Å². The van der Waals surface area contributed by atoms with Gasteiger partial charge in [0.1, 0.15) is 6.54 Å². The summed E-state index contributed by atoms with van der Waals surface area (Å²) in [6, 6.07) is 7.62. The van der Waals surface area contributed by atoms with Gasteiger partial charge in [0.15, 0.2) is 22.5 Å². The van der Waals surface area contributed by atoms with Gasteiger partial charge >= 0.3 is 0 Å². The molecular weight excluding hydrogens is 384 g/mol. The molecule has 0 saturated carbocycles. The van der Waals surface area contributed by atoms with E-state index in [0.717, 1.165) is 10.0 Å². The number of carbonyl (C=O) groups is 1. The average molecular weight is 398 g/mol. The first-order valence-electron chi connectivity index (χ1n) is 7.06. The summed E-state index contributed by atoms with van der Waals surface area (Å²) in [6.07, 6.45) is 0. The lowest BCUT2D eigenvalue weighted by Crippen LogP contribution is -2.31. The van der Waals surface area contributed by atoms with Crippen molar-refractivity contribution in [3.8, 4) is 0 Å². The number of Topliss-reactive ketones (excluding diaryl/α,β-unsaturated/α-hetero) is 1. The quantitative estimate of drug-likeness (QED) is 0.850. The fourth-order valence-electron chi connectivity index (χ4n) is 2.67. The van der Waals surface area contributed by atoms with E-state index in [9.17, 15) is 4.79 Å². The molecule has 3 rings (SSSR count). The van der Waals surface area contributed by atoms with Crippen LogP contribution >= 0.6 is 27.5 Å². The number of allylic oxidation sites excluding steroid dienone is 2. The number of benzene rings is 1. The van der Waals surface area contributed by atoms with Gasteiger partial charge in [0.25, 0.3) is 0 Å². The van der Waals surface area contributed by atoms with Gasteiger partial charge in [0, 0.05) is 4.47 Å². The molecule has 5 nitrogen and oxygen atoms in total. The average Bonchev–Trinajstić information content (AvgIpc) is 2.52. The molecule has 2 N–H and O–H groups in total. The summed E-state index contributed by atoms with van der Waals surface area (Å²) >= 11 is 9.56. The van der Waals surface area contributed by atoms with E-state index in [0.29, 0.717) is 17.9 Å². The number of carbonyl (C=O) groups excluding carboxylic acids is 1. The molecule has 2 aliphatic rings. The first kappa shape index (κ1) is 16.1. The van der Waals surface area contributed by atoms with Crippen LogP contribution in [0.2, 0.25) is 0 Å². The van der Waals surface area contributed by atoms with E-state index in [1.807, 2.05) is 31.2 Å². The number of ether oxygens (including phenoxy) is 2. The molecule has 120 valence electrons. The van der Waals surface area contributed by atoms with Crippen molar-refractivity contribution in [2.24, 2.45) is 10.7 Å². The fourth-order valence-corrected chi connectivity index (χ4v) is 3.29. The molecular formula is C16H14BrClN2O3. The van der Waals surface area contributed by atoms with E-state index >= 15 is 0 Å². The van der Waals surface area contributed by atoms with Crippen LogP contribution < -0.4 is 5.73 Å². The van der Waals surface area contributed by atoms with Gasteiger partial charge in [0.05, 0.1) is 18.1 Å². The minimum Gasteiger partial charge on any atom is -0.492 e. The molecule has 0 spiro atoms. The highest BCUT2D eigenvalue weighted by Crippen LogP contribution is 2.42. The zero-order valence-corrected chi connectivity index (χ0v) is 14.6. The topological polar surface area (TPSA) is 73.9 Å². The summed E-state index contributed by atoms with van der Waals surface area (Å²) in [7, 11) is 0. The molecule has 0 fully saturated rings. The van der Waals surface area contributed by atoms with Crippen LogP contribution in [-0.4, -0.2) is 24.1 Å². The van der Waals surface area contributed by atoms with E-state index < -0.39 is 5.92 Å². The van der Waals surface area contributed by atoms with Gasteiger partial charge in [-0.1, -0.05) is 39.7 Å². The van der Waals surface area contributed by atoms with E-state index in [4.69, 9.17) is 26.8 Å². The molecule has 0 amide bonds. The lowest BCUT2D eigenvalue weighted by atomic mass is 9.84. The van der Waals surface area contributed by atoms with Crippen molar-refractivity contribution in [2.75, 3.05) is 13.2 Å². The van der Waals surface area contributed by atoms with Gasteiger partial charge < -0.3 is 15.2 Å². The summed E-state index contributed by atoms with van der Waals surface area (Å²) < 4.78 is 12.1. The Hall–Kier alpha value is -1.79. The van der Waals surface area contributed by atoms with Crippen LogP contribution in [0.5, 0.6) is 0 Å². The van der Waals surface area contributed by atoms with Gasteiger partial charge in [-0.2, -0.15) is 0 Å². The molecule has 1 aromatic rings. The van der Waals surface area contributed by atoms with Gasteiger partial charge in [-0.15, -0.1) is 0 Å². The largest absolute Gasteiger partial charge is 0.492 e. The second-order valence-electron chi connectivity index (χ2n) is 5.02. The van der Waals surface area contributed by atoms with E-state index in [1.165, 1.54) is 0 Å². The van der Waals surface area contributed by atoms with Crippen LogP contribution in [0.3, 0.4) is 0 Å². The Bertz CT molecular complexity index is 770. The minimum atomic E-state index is -0.465. The van der Waals surface area contributed by atoms with Crippen molar-refractivity contribution < 1.29 is 14.3 Å². The van der Waals surface area contributed by atoms with Crippen LogP contribution in [-0.2, 0) is 14.3 Å². The number of nitrogens with two attached hydrogens (primary N) is 1. The number of hydrogen-bond acceptors (Lipinski definition) is 5. The number of rotatable bonds is 3. The number of ketones is 1. The fraction of sp³-hybridized carbons (Fsp3) is 0.250. The third kappa shape index (κ3) is 2.88. The summed E-state index contributed by atoms with van der Waals surface area (Å²) in [5.41, 5.74) is 7.30. The minimum absolute atomic E-state index is 0.00909. The standard InChI is InChI=1S/C16H14BrClN2O3/c1-2-22-14-11(8-4-3-5-9(17)6-8)12-10(21)7-20-15(18)13(12)23-16(14)19/h3-6,11H,2,7,19H2,1H3. The van der Waals surface area contributed by atoms with Crippen molar-refractivity contribution in [1.82, 2.24) is 0 Å². The molecule has 1 atom stereocenters. The molecule has 2 heterocycles. The van der Waals surface area contributed by atoms with Crippen LogP contribution in [0.4, 0.5) is 0 Å². The Balaban J connectivity index is 2.20. The monoisotopic (exact) mass is 396 g/mol. The Morgan fingerprint density at radius 1 is 1.52 bits per heavy atom. The highest BCUT2D eigenvalue weighted by molar-refractivity contribution is 9.10. The summed E-state index contributed by atoms with van der Waals surface area (Å²) in [6.45, 7) is 2.24. The van der Waals surface area contributed by atoms with Crippen LogP contribution in [0.15, 0.2) is 56.7 Å². The molecule has 0 saturated heterocycles. The molecule has 23 heavy (non-hydrogen) atoms. The maximum Gasteiger partial charge on any atom is 0.230 e. The van der Waals surface area contributed by atoms with Gasteiger partial charge in [-0.05, 0) is 24.6 Å². The Morgan fingerprint density at radius 3 is 3.00 bits per heavy atom. The Labute approximate surface area is 146 Å². The van der Waals surface area contributed by atoms with Gasteiger partial charge in [-0.25, -0.2) is 0 Å². The predicted molar refractivity (Wildman–Crippen MR) is 91.0 cm³/mol. The number of hydrogen-bond donors (Lipinski definition) is 1. The third-order valence-electron chi connectivity index (χ3n) is 3.58. The molecule has 7 heteroatoms. The number of nitrogens with zero attached hydrogens (tertiary/aromatic N) is 1. The SMILES string of the molecule is CCOC1=C(N)OC2=C(C(=O)CN=C2Cl)C1c1cccc(Br)c1. The second-order valence-corrected chi connectivity index (χ2v) is 6.30. The zero-order chi connectivity index (χ0) is 16.6. The van der Waals surface area contributed by atoms with Crippen LogP contribution in [0.25, 0.3) is 0 Å². The first-order valence-corrected chi connectivity index (χ1v) is 8.23. The summed E-state index contributed by atoms with van der Waals surface area (Å²) in [5.74, 6) is 0.114. The van der Waals surface area contributed by atoms with Gasteiger partial charge in [-0.3, -0.25) is 9.79 Å². The van der Waals surface area contributed by atoms with E-state index in [1.54, 1.807) is 0 Å². The van der Waals surface area contributed by atoms with Crippen molar-refractivity contribution in [3.05, 3.63) is 57.3 Å². The summed E-state index contributed by atoms with van der Waals surface area (Å²) in [4.78, 5) is 16.4. The molecule has 1 unspecified atom stereocenters. The summed E-state index contributed by atoms with van der Waals surface area (Å²) in [5, 5.41) is 0.151. The lowest BCUT2D eigenvalue weighted by Gasteiger charge is -2.31. The van der Waals surface area contributed by atoms with E-state index in [2.05, 4.69) is 20.9 Å². The number of dihydropyridines is 1. The first-order chi connectivity index (χ1) is 11.0. The number of aliphatic imine (C=N–C) groups is 1. The van der Waals surface area contributed by atoms with Crippen LogP contribution in [0, 0.1) is 0 Å². The lowest BCUT2D eigenvalue weighted by molar-refractivity contribution is -0.115. The molecule has 0 bridgehead atoms. The Kier molecular flexibility index (Phi) is 4.46. The molecule has 1 aromatic carbocycles. The van der Waals surface area contributed by atoms with Crippen molar-refractivity contribution in [2.45, 2.75) is 12.8 Å². The predicted octanol–water partition coefficient (Wildman–Crippen LogP) is 3.20.